The van der Waals surface area contributed by atoms with Crippen molar-refractivity contribution in [3.05, 3.63) is 70.9 Å². The van der Waals surface area contributed by atoms with E-state index in [-0.39, 0.29) is 24.6 Å². The summed E-state index contributed by atoms with van der Waals surface area (Å²) in [7, 11) is 0. The highest BCUT2D eigenvalue weighted by Crippen LogP contribution is 2.30. The number of fused-ring (bicyclic) bond motifs is 1. The summed E-state index contributed by atoms with van der Waals surface area (Å²) < 4.78 is 46.2. The molecule has 1 fully saturated rings. The number of hydrogen-bond donors (Lipinski definition) is 1. The van der Waals surface area contributed by atoms with Crippen molar-refractivity contribution in [2.75, 3.05) is 13.1 Å². The topological polar surface area (TPSA) is 87.4 Å². The molecular formula is C28H29F3N4O3. The number of nitrogens with one attached hydrogen (secondary N) is 1. The van der Waals surface area contributed by atoms with Crippen LogP contribution in [0, 0.1) is 11.3 Å². The van der Waals surface area contributed by atoms with Gasteiger partial charge in [0.15, 0.2) is 0 Å². The molecule has 200 valence electrons. The number of halogens is 3. The minimum absolute atomic E-state index is 0.149. The third kappa shape index (κ3) is 6.28. The molecule has 3 aromatic rings. The summed E-state index contributed by atoms with van der Waals surface area (Å²) >= 11 is 0. The number of amides is 2. The maximum Gasteiger partial charge on any atom is 0.416 e. The Labute approximate surface area is 218 Å². The van der Waals surface area contributed by atoms with Gasteiger partial charge in [0.25, 0.3) is 5.91 Å². The predicted octanol–water partition coefficient (Wildman–Crippen LogP) is 5.71. The lowest BCUT2D eigenvalue weighted by Gasteiger charge is -2.33. The zero-order valence-corrected chi connectivity index (χ0v) is 21.4. The highest BCUT2D eigenvalue weighted by atomic mass is 19.4. The molecule has 0 radical (unpaired) electrons. The van der Waals surface area contributed by atoms with Gasteiger partial charge in [0.2, 0.25) is 0 Å². The molecule has 1 N–H and O–H groups in total. The third-order valence-electron chi connectivity index (χ3n) is 6.37. The van der Waals surface area contributed by atoms with Crippen LogP contribution in [0.15, 0.2) is 48.5 Å². The van der Waals surface area contributed by atoms with E-state index in [1.165, 1.54) is 12.1 Å². The number of nitriles is 1. The number of alkyl halides is 3. The average molecular weight is 527 g/mol. The van der Waals surface area contributed by atoms with Gasteiger partial charge in [-0.05, 0) is 69.5 Å². The maximum atomic E-state index is 13.4. The second kappa shape index (κ2) is 10.4. The van der Waals surface area contributed by atoms with Crippen LogP contribution in [0.3, 0.4) is 0 Å². The van der Waals surface area contributed by atoms with Gasteiger partial charge in [-0.15, -0.1) is 0 Å². The van der Waals surface area contributed by atoms with E-state index < -0.39 is 17.3 Å². The molecular weight excluding hydrogens is 497 g/mol. The Bertz CT molecular complexity index is 1370. The molecule has 1 aliphatic heterocycles. The van der Waals surface area contributed by atoms with Crippen LogP contribution in [0.4, 0.5) is 18.0 Å². The number of carbonyl (C=O) groups excluding carboxylic acids is 2. The second-order valence-electron chi connectivity index (χ2n) is 10.4. The number of piperidine rings is 1. The molecule has 0 atom stereocenters. The largest absolute Gasteiger partial charge is 0.444 e. The molecule has 4 rings (SSSR count). The quantitative estimate of drug-likeness (QED) is 0.472. The van der Waals surface area contributed by atoms with Crippen LogP contribution in [0.25, 0.3) is 10.9 Å². The van der Waals surface area contributed by atoms with Crippen LogP contribution in [-0.4, -0.2) is 46.2 Å². The van der Waals surface area contributed by atoms with Gasteiger partial charge in [0.05, 0.1) is 22.7 Å². The maximum absolute atomic E-state index is 13.4. The van der Waals surface area contributed by atoms with Gasteiger partial charge in [-0.3, -0.25) is 4.79 Å². The van der Waals surface area contributed by atoms with E-state index in [9.17, 15) is 28.0 Å². The fourth-order valence-corrected chi connectivity index (χ4v) is 4.46. The lowest BCUT2D eigenvalue weighted by atomic mass is 10.1. The molecule has 2 heterocycles. The Morgan fingerprint density at radius 3 is 2.29 bits per heavy atom. The number of ether oxygens (including phenoxy) is 1. The second-order valence-corrected chi connectivity index (χ2v) is 10.4. The monoisotopic (exact) mass is 526 g/mol. The summed E-state index contributed by atoms with van der Waals surface area (Å²) in [5, 5.41) is 13.1. The highest BCUT2D eigenvalue weighted by molar-refractivity contribution is 5.99. The van der Waals surface area contributed by atoms with Crippen molar-refractivity contribution in [1.29, 1.82) is 5.26 Å². The Balaban J connectivity index is 1.53. The summed E-state index contributed by atoms with van der Waals surface area (Å²) in [4.78, 5) is 27.3. The Morgan fingerprint density at radius 1 is 1.05 bits per heavy atom. The molecule has 10 heteroatoms. The summed E-state index contributed by atoms with van der Waals surface area (Å²) in [6, 6.07) is 13.5. The molecule has 1 saturated heterocycles. The zero-order valence-electron chi connectivity index (χ0n) is 21.4. The van der Waals surface area contributed by atoms with Crippen LogP contribution in [0.2, 0.25) is 0 Å². The van der Waals surface area contributed by atoms with E-state index in [1.807, 2.05) is 0 Å². The third-order valence-corrected chi connectivity index (χ3v) is 6.37. The predicted molar refractivity (Wildman–Crippen MR) is 135 cm³/mol. The SMILES string of the molecule is CC(C)(C)OC(=O)N1CCC(NC(=O)c2cc3ccc(C#N)cc3n2Cc2ccc(C(F)(F)F)cc2)CC1. The van der Waals surface area contributed by atoms with Crippen molar-refractivity contribution in [1.82, 2.24) is 14.8 Å². The Kier molecular flexibility index (Phi) is 7.40. The highest BCUT2D eigenvalue weighted by Gasteiger charge is 2.30. The molecule has 0 bridgehead atoms. The number of likely N-dealkylation sites (tertiary alicyclic amines) is 1. The molecule has 2 amide bonds. The summed E-state index contributed by atoms with van der Waals surface area (Å²) in [5.41, 5.74) is 0.622. The van der Waals surface area contributed by atoms with E-state index >= 15 is 0 Å². The van der Waals surface area contributed by atoms with Gasteiger partial charge >= 0.3 is 12.3 Å². The minimum Gasteiger partial charge on any atom is -0.444 e. The van der Waals surface area contributed by atoms with Crippen LogP contribution in [0.1, 0.15) is 60.8 Å². The normalized spacial score (nSPS) is 14.8. The molecule has 0 unspecified atom stereocenters. The number of benzene rings is 2. The van der Waals surface area contributed by atoms with Crippen LogP contribution in [0.5, 0.6) is 0 Å². The summed E-state index contributed by atoms with van der Waals surface area (Å²) in [6.07, 6.45) is -3.71. The Hall–Kier alpha value is -4.00. The molecule has 0 aliphatic carbocycles. The smallest absolute Gasteiger partial charge is 0.416 e. The first-order valence-corrected chi connectivity index (χ1v) is 12.3. The fourth-order valence-electron chi connectivity index (χ4n) is 4.46. The molecule has 1 aromatic heterocycles. The van der Waals surface area contributed by atoms with Gasteiger partial charge < -0.3 is 19.5 Å². The standard InChI is InChI=1S/C28H29F3N4O3/c1-27(2,3)38-26(37)34-12-10-22(11-13-34)33-25(36)24-15-20-7-4-19(16-32)14-23(20)35(24)17-18-5-8-21(9-6-18)28(29,30)31/h4-9,14-15,22H,10-13,17H2,1-3H3,(H,33,36). The molecule has 1 aliphatic rings. The molecule has 0 spiro atoms. The molecule has 7 nitrogen and oxygen atoms in total. The zero-order chi connectivity index (χ0) is 27.7. The van der Waals surface area contributed by atoms with E-state index in [0.717, 1.165) is 17.5 Å². The van der Waals surface area contributed by atoms with E-state index in [0.29, 0.717) is 48.3 Å². The average Bonchev–Trinajstić information content (AvgIpc) is 3.20. The molecule has 2 aromatic carbocycles. The van der Waals surface area contributed by atoms with E-state index in [1.54, 1.807) is 54.5 Å². The summed E-state index contributed by atoms with van der Waals surface area (Å²) in [5.74, 6) is -0.331. The van der Waals surface area contributed by atoms with E-state index in [2.05, 4.69) is 11.4 Å². The van der Waals surface area contributed by atoms with Crippen LogP contribution < -0.4 is 5.32 Å². The van der Waals surface area contributed by atoms with Gasteiger partial charge in [0.1, 0.15) is 11.3 Å². The number of aromatic nitrogens is 1. The van der Waals surface area contributed by atoms with Crippen molar-refractivity contribution in [3.8, 4) is 6.07 Å². The lowest BCUT2D eigenvalue weighted by Crippen LogP contribution is -2.48. The Morgan fingerprint density at radius 2 is 1.71 bits per heavy atom. The van der Waals surface area contributed by atoms with Gasteiger partial charge in [-0.2, -0.15) is 18.4 Å². The number of nitrogens with zero attached hydrogens (tertiary/aromatic N) is 3. The van der Waals surface area contributed by atoms with Gasteiger partial charge in [0, 0.05) is 31.1 Å². The van der Waals surface area contributed by atoms with Crippen LogP contribution >= 0.6 is 0 Å². The number of carbonyl (C=O) groups is 2. The molecule has 0 saturated carbocycles. The van der Waals surface area contributed by atoms with Crippen molar-refractivity contribution in [2.24, 2.45) is 0 Å². The molecule has 38 heavy (non-hydrogen) atoms. The minimum atomic E-state index is -4.44. The lowest BCUT2D eigenvalue weighted by molar-refractivity contribution is -0.137. The van der Waals surface area contributed by atoms with Crippen molar-refractivity contribution in [3.63, 3.8) is 0 Å². The first-order chi connectivity index (χ1) is 17.8. The van der Waals surface area contributed by atoms with Crippen molar-refractivity contribution >= 4 is 22.9 Å². The van der Waals surface area contributed by atoms with E-state index in [4.69, 9.17) is 4.74 Å². The number of hydrogen-bond acceptors (Lipinski definition) is 4. The fraction of sp³-hybridized carbons (Fsp3) is 0.393. The van der Waals surface area contributed by atoms with Crippen molar-refractivity contribution in [2.45, 2.75) is 58.0 Å². The first-order valence-electron chi connectivity index (χ1n) is 12.3. The number of rotatable bonds is 4. The van der Waals surface area contributed by atoms with Crippen molar-refractivity contribution < 1.29 is 27.5 Å². The first kappa shape index (κ1) is 27.0. The van der Waals surface area contributed by atoms with Gasteiger partial charge in [-0.25, -0.2) is 4.79 Å². The van der Waals surface area contributed by atoms with Crippen LogP contribution in [-0.2, 0) is 17.5 Å². The summed E-state index contributed by atoms with van der Waals surface area (Å²) in [6.45, 7) is 6.46. The van der Waals surface area contributed by atoms with Gasteiger partial charge in [-0.1, -0.05) is 18.2 Å².